The van der Waals surface area contributed by atoms with Crippen molar-refractivity contribution < 1.29 is 14.0 Å². The molecule has 2 aromatic heterocycles. The first-order valence-corrected chi connectivity index (χ1v) is 19.3. The van der Waals surface area contributed by atoms with Crippen molar-refractivity contribution in [1.82, 2.24) is 0 Å². The number of rotatable bonds is 4. The Morgan fingerprint density at radius 2 is 0.964 bits per heavy atom. The molecule has 4 heteroatoms. The van der Waals surface area contributed by atoms with Gasteiger partial charge in [0.1, 0.15) is 11.2 Å². The first kappa shape index (κ1) is 30.6. The lowest BCUT2D eigenvalue weighted by Gasteiger charge is -2.31. The molecule has 0 saturated carbocycles. The summed E-state index contributed by atoms with van der Waals surface area (Å²) in [7, 11) is 0. The van der Waals surface area contributed by atoms with E-state index in [-0.39, 0.29) is 11.6 Å². The number of hydrogen-bond acceptors (Lipinski definition) is 4. The molecule has 2 heterocycles. The first-order chi connectivity index (χ1) is 27.1. The summed E-state index contributed by atoms with van der Waals surface area (Å²) in [6.45, 7) is 0. The summed E-state index contributed by atoms with van der Waals surface area (Å²) in [6, 6.07) is 57.6. The van der Waals surface area contributed by atoms with Crippen LogP contribution in [0.2, 0.25) is 0 Å². The van der Waals surface area contributed by atoms with Gasteiger partial charge in [-0.25, -0.2) is 0 Å². The number of ketones is 2. The normalized spacial score (nSPS) is 15.1. The first-order valence-electron chi connectivity index (χ1n) is 18.5. The number of furan rings is 1. The third-order valence-electron chi connectivity index (χ3n) is 11.9. The van der Waals surface area contributed by atoms with Gasteiger partial charge in [-0.2, -0.15) is 0 Å². The van der Waals surface area contributed by atoms with Gasteiger partial charge in [0.15, 0.2) is 11.6 Å². The second-order valence-corrected chi connectivity index (χ2v) is 15.6. The predicted molar refractivity (Wildman–Crippen MR) is 223 cm³/mol. The standard InChI is InChI=1S/C51H28O3S/c52-47(39-17-9-15-37-35-13-3-7-21-45(35)54-49(37)39)29-23-25-33-31-11-1-5-19-41(31)51(43(33)27-29)42-20-6-2-12-32(42)34-26-24-30(28-44(34)51)48(53)40-18-10-16-38-36-14-4-8-22-46(36)55-50(38)40/h1-28H. The van der Waals surface area contributed by atoms with Gasteiger partial charge in [-0.05, 0) is 80.9 Å². The summed E-state index contributed by atoms with van der Waals surface area (Å²) in [5.74, 6) is -0.0918. The molecule has 0 N–H and O–H groups in total. The molecule has 1 spiro atoms. The van der Waals surface area contributed by atoms with Crippen molar-refractivity contribution in [2.24, 2.45) is 0 Å². The fraction of sp³-hybridized carbons (Fsp3) is 0.0196. The Balaban J connectivity index is 1.08. The summed E-state index contributed by atoms with van der Waals surface area (Å²) < 4.78 is 8.49. The smallest absolute Gasteiger partial charge is 0.196 e. The number of carbonyl (C=O) groups is 2. The van der Waals surface area contributed by atoms with E-state index in [2.05, 4.69) is 97.1 Å². The van der Waals surface area contributed by atoms with E-state index in [1.807, 2.05) is 72.8 Å². The number of hydrogen-bond donors (Lipinski definition) is 0. The molecule has 0 amide bonds. The molecule has 0 saturated heterocycles. The molecule has 0 radical (unpaired) electrons. The van der Waals surface area contributed by atoms with Crippen LogP contribution < -0.4 is 0 Å². The zero-order chi connectivity index (χ0) is 36.4. The zero-order valence-corrected chi connectivity index (χ0v) is 30.1. The van der Waals surface area contributed by atoms with E-state index in [1.54, 1.807) is 11.3 Å². The maximum absolute atomic E-state index is 14.7. The van der Waals surface area contributed by atoms with Crippen LogP contribution in [-0.4, -0.2) is 11.6 Å². The van der Waals surface area contributed by atoms with Crippen molar-refractivity contribution in [3.63, 3.8) is 0 Å². The van der Waals surface area contributed by atoms with Gasteiger partial charge < -0.3 is 4.42 Å². The van der Waals surface area contributed by atoms with Crippen molar-refractivity contribution in [1.29, 1.82) is 0 Å². The molecular formula is C51H28O3S. The SMILES string of the molecule is O=C(c1ccc2c(c1)C1(c3ccccc3-2)c2ccccc2-c2ccc(C(=O)c3cccc4c3sc3ccccc34)cc21)c1cccc2c1oc1ccccc12. The summed E-state index contributed by atoms with van der Waals surface area (Å²) in [5.41, 5.74) is 11.9. The third-order valence-corrected chi connectivity index (χ3v) is 13.1. The maximum Gasteiger partial charge on any atom is 0.196 e. The largest absolute Gasteiger partial charge is 0.455 e. The van der Waals surface area contributed by atoms with Crippen molar-refractivity contribution >= 4 is 65.0 Å². The highest BCUT2D eigenvalue weighted by Crippen LogP contribution is 2.63. The quantitative estimate of drug-likeness (QED) is 0.170. The highest BCUT2D eigenvalue weighted by Gasteiger charge is 2.52. The van der Waals surface area contributed by atoms with Crippen LogP contribution in [-0.2, 0) is 5.41 Å². The Morgan fingerprint density at radius 3 is 1.67 bits per heavy atom. The molecule has 0 fully saturated rings. The lowest BCUT2D eigenvalue weighted by molar-refractivity contribution is 0.103. The second kappa shape index (κ2) is 11.1. The Kier molecular flexibility index (Phi) is 6.16. The fourth-order valence-corrected chi connectivity index (χ4v) is 10.8. The van der Waals surface area contributed by atoms with Gasteiger partial charge in [0.2, 0.25) is 0 Å². The van der Waals surface area contributed by atoms with E-state index in [1.165, 1.54) is 10.1 Å². The maximum atomic E-state index is 14.7. The van der Waals surface area contributed by atoms with E-state index >= 15 is 0 Å². The highest BCUT2D eigenvalue weighted by molar-refractivity contribution is 7.26. The predicted octanol–water partition coefficient (Wildman–Crippen LogP) is 12.8. The van der Waals surface area contributed by atoms with Crippen LogP contribution in [0.4, 0.5) is 0 Å². The molecule has 1 atom stereocenters. The van der Waals surface area contributed by atoms with Crippen LogP contribution in [0, 0.1) is 0 Å². The van der Waals surface area contributed by atoms with E-state index in [4.69, 9.17) is 4.42 Å². The molecule has 2 aliphatic carbocycles. The second-order valence-electron chi connectivity index (χ2n) is 14.6. The average Bonchev–Trinajstić information content (AvgIpc) is 3.98. The van der Waals surface area contributed by atoms with Crippen LogP contribution in [0.3, 0.4) is 0 Å². The summed E-state index contributed by atoms with van der Waals surface area (Å²) in [5, 5.41) is 4.18. The number of carbonyl (C=O) groups excluding carboxylic acids is 2. The average molecular weight is 721 g/mol. The van der Waals surface area contributed by atoms with Gasteiger partial charge in [-0.3, -0.25) is 9.59 Å². The molecular weight excluding hydrogens is 693 g/mol. The molecule has 8 aromatic carbocycles. The molecule has 256 valence electrons. The summed E-state index contributed by atoms with van der Waals surface area (Å²) in [4.78, 5) is 29.4. The van der Waals surface area contributed by atoms with Crippen molar-refractivity contribution in [3.05, 3.63) is 214 Å². The molecule has 12 rings (SSSR count). The van der Waals surface area contributed by atoms with Gasteiger partial charge >= 0.3 is 0 Å². The fourth-order valence-electron chi connectivity index (χ4n) is 9.58. The molecule has 0 aliphatic heterocycles. The van der Waals surface area contributed by atoms with Crippen LogP contribution in [0.1, 0.15) is 54.1 Å². The van der Waals surface area contributed by atoms with Crippen LogP contribution in [0.5, 0.6) is 0 Å². The zero-order valence-electron chi connectivity index (χ0n) is 29.3. The molecule has 2 aliphatic rings. The van der Waals surface area contributed by atoms with Gasteiger partial charge in [0.05, 0.1) is 11.0 Å². The Morgan fingerprint density at radius 1 is 0.436 bits per heavy atom. The van der Waals surface area contributed by atoms with Crippen molar-refractivity contribution in [2.45, 2.75) is 5.41 Å². The Hall–Kier alpha value is -6.88. The lowest BCUT2D eigenvalue weighted by Crippen LogP contribution is -2.26. The van der Waals surface area contributed by atoms with Gasteiger partial charge in [-0.1, -0.05) is 133 Å². The summed E-state index contributed by atoms with van der Waals surface area (Å²) in [6.07, 6.45) is 0. The molecule has 10 aromatic rings. The van der Waals surface area contributed by atoms with Crippen LogP contribution in [0.15, 0.2) is 174 Å². The number of thiophene rings is 1. The third kappa shape index (κ3) is 3.99. The summed E-state index contributed by atoms with van der Waals surface area (Å²) >= 11 is 1.67. The van der Waals surface area contributed by atoms with E-state index in [0.717, 1.165) is 70.9 Å². The number of benzene rings is 8. The number of para-hydroxylation sites is 2. The van der Waals surface area contributed by atoms with Crippen LogP contribution in [0.25, 0.3) is 64.4 Å². The van der Waals surface area contributed by atoms with Crippen LogP contribution >= 0.6 is 11.3 Å². The topological polar surface area (TPSA) is 47.3 Å². The minimum Gasteiger partial charge on any atom is -0.455 e. The van der Waals surface area contributed by atoms with E-state index < -0.39 is 5.41 Å². The van der Waals surface area contributed by atoms with Gasteiger partial charge in [-0.15, -0.1) is 11.3 Å². The Bertz CT molecular complexity index is 3100. The molecule has 0 bridgehead atoms. The highest BCUT2D eigenvalue weighted by atomic mass is 32.1. The van der Waals surface area contributed by atoms with Crippen molar-refractivity contribution in [3.8, 4) is 22.3 Å². The van der Waals surface area contributed by atoms with Gasteiger partial charge in [0, 0.05) is 47.6 Å². The molecule has 1 unspecified atom stereocenters. The minimum atomic E-state index is -0.737. The number of fused-ring (bicyclic) bond motifs is 16. The van der Waals surface area contributed by atoms with Crippen molar-refractivity contribution in [2.75, 3.05) is 0 Å². The molecule has 3 nitrogen and oxygen atoms in total. The lowest BCUT2D eigenvalue weighted by atomic mass is 9.70. The van der Waals surface area contributed by atoms with E-state index in [0.29, 0.717) is 27.8 Å². The van der Waals surface area contributed by atoms with Gasteiger partial charge in [0.25, 0.3) is 0 Å². The van der Waals surface area contributed by atoms with E-state index in [9.17, 15) is 9.59 Å². The molecule has 55 heavy (non-hydrogen) atoms. The minimum absolute atomic E-state index is 0.000394. The Labute approximate surface area is 319 Å². The monoisotopic (exact) mass is 720 g/mol.